The van der Waals surface area contributed by atoms with Crippen LogP contribution in [0.2, 0.25) is 0 Å². The molecule has 3 rings (SSSR count). The summed E-state index contributed by atoms with van der Waals surface area (Å²) in [5.41, 5.74) is 1.36. The summed E-state index contributed by atoms with van der Waals surface area (Å²) in [6, 6.07) is 6.37. The fourth-order valence-electron chi connectivity index (χ4n) is 2.41. The summed E-state index contributed by atoms with van der Waals surface area (Å²) < 4.78 is 17.4. The number of esters is 1. The predicted octanol–water partition coefficient (Wildman–Crippen LogP) is 2.66. The van der Waals surface area contributed by atoms with Crippen molar-refractivity contribution in [2.45, 2.75) is 20.1 Å². The van der Waals surface area contributed by atoms with E-state index >= 15 is 0 Å². The number of carbonyl (C=O) groups excluding carboxylic acids is 1. The molecule has 0 atom stereocenters. The van der Waals surface area contributed by atoms with E-state index in [-0.39, 0.29) is 12.2 Å². The first-order chi connectivity index (χ1) is 12.6. The number of hydrogen-bond acceptors (Lipinski definition) is 7. The fraction of sp³-hybridized carbons (Fsp3) is 0.278. The minimum Gasteiger partial charge on any atom is -0.496 e. The lowest BCUT2D eigenvalue weighted by Gasteiger charge is -2.11. The van der Waals surface area contributed by atoms with Gasteiger partial charge in [-0.15, -0.1) is 11.3 Å². The van der Waals surface area contributed by atoms with Crippen LogP contribution in [0.25, 0.3) is 4.96 Å². The monoisotopic (exact) mass is 374 g/mol. The molecule has 0 saturated heterocycles. The first-order valence-corrected chi connectivity index (χ1v) is 8.88. The van der Waals surface area contributed by atoms with Crippen molar-refractivity contribution in [3.8, 4) is 5.75 Å². The van der Waals surface area contributed by atoms with E-state index in [1.54, 1.807) is 36.9 Å². The van der Waals surface area contributed by atoms with Crippen LogP contribution in [0, 0.1) is 0 Å². The van der Waals surface area contributed by atoms with Crippen LogP contribution in [0.15, 0.2) is 40.6 Å². The SMILES string of the molecule is CCOCc1cc(C(=O)OCc2cc(=O)n3ccsc3n2)ccc1OC. The molecular formula is C18H18N2O5S. The van der Waals surface area contributed by atoms with Crippen LogP contribution in [0.4, 0.5) is 0 Å². The van der Waals surface area contributed by atoms with E-state index in [0.29, 0.717) is 35.2 Å². The van der Waals surface area contributed by atoms with E-state index in [1.807, 2.05) is 6.92 Å². The van der Waals surface area contributed by atoms with Crippen LogP contribution in [-0.2, 0) is 22.7 Å². The summed E-state index contributed by atoms with van der Waals surface area (Å²) in [6.07, 6.45) is 1.66. The van der Waals surface area contributed by atoms with Gasteiger partial charge >= 0.3 is 5.97 Å². The average molecular weight is 374 g/mol. The maximum Gasteiger partial charge on any atom is 0.338 e. The van der Waals surface area contributed by atoms with Crippen LogP contribution in [0.3, 0.4) is 0 Å². The van der Waals surface area contributed by atoms with Crippen molar-refractivity contribution in [2.75, 3.05) is 13.7 Å². The molecule has 0 aliphatic carbocycles. The van der Waals surface area contributed by atoms with Crippen molar-refractivity contribution in [3.05, 3.63) is 63.0 Å². The summed E-state index contributed by atoms with van der Waals surface area (Å²) in [5, 5.41) is 1.77. The molecule has 0 fully saturated rings. The molecule has 26 heavy (non-hydrogen) atoms. The Morgan fingerprint density at radius 2 is 2.12 bits per heavy atom. The van der Waals surface area contributed by atoms with Crippen molar-refractivity contribution >= 4 is 22.3 Å². The minimum absolute atomic E-state index is 0.0741. The number of ether oxygens (including phenoxy) is 3. The highest BCUT2D eigenvalue weighted by molar-refractivity contribution is 7.15. The molecule has 136 valence electrons. The summed E-state index contributed by atoms with van der Waals surface area (Å²) >= 11 is 1.34. The second-order valence-electron chi connectivity index (χ2n) is 5.38. The van der Waals surface area contributed by atoms with Gasteiger partial charge in [-0.1, -0.05) is 0 Å². The Kier molecular flexibility index (Phi) is 5.65. The Hall–Kier alpha value is -2.71. The van der Waals surface area contributed by atoms with Crippen molar-refractivity contribution in [3.63, 3.8) is 0 Å². The van der Waals surface area contributed by atoms with E-state index in [2.05, 4.69) is 4.98 Å². The summed E-state index contributed by atoms with van der Waals surface area (Å²) in [4.78, 5) is 29.2. The van der Waals surface area contributed by atoms with Gasteiger partial charge in [-0.2, -0.15) is 0 Å². The molecule has 0 bridgehead atoms. The molecule has 0 aliphatic rings. The highest BCUT2D eigenvalue weighted by Gasteiger charge is 2.13. The average Bonchev–Trinajstić information content (AvgIpc) is 3.13. The molecule has 0 unspecified atom stereocenters. The zero-order valence-corrected chi connectivity index (χ0v) is 15.2. The molecule has 0 aliphatic heterocycles. The van der Waals surface area contributed by atoms with Gasteiger partial charge in [0.25, 0.3) is 5.56 Å². The number of aromatic nitrogens is 2. The Bertz CT molecular complexity index is 979. The zero-order chi connectivity index (χ0) is 18.5. The van der Waals surface area contributed by atoms with Crippen LogP contribution < -0.4 is 10.3 Å². The van der Waals surface area contributed by atoms with E-state index in [0.717, 1.165) is 5.56 Å². The van der Waals surface area contributed by atoms with Crippen molar-refractivity contribution in [1.82, 2.24) is 9.38 Å². The summed E-state index contributed by atoms with van der Waals surface area (Å²) in [7, 11) is 1.56. The molecule has 0 radical (unpaired) electrons. The van der Waals surface area contributed by atoms with Crippen LogP contribution in [0.1, 0.15) is 28.5 Å². The standard InChI is InChI=1S/C18H18N2O5S/c1-3-24-10-13-8-12(4-5-15(13)23-2)17(22)25-11-14-9-16(21)20-6-7-26-18(20)19-14/h4-9H,3,10-11H2,1-2H3. The first kappa shape index (κ1) is 18.1. The van der Waals surface area contributed by atoms with Crippen LogP contribution in [0.5, 0.6) is 5.75 Å². The minimum atomic E-state index is -0.501. The Morgan fingerprint density at radius 3 is 2.88 bits per heavy atom. The van der Waals surface area contributed by atoms with Gasteiger partial charge in [-0.3, -0.25) is 9.20 Å². The van der Waals surface area contributed by atoms with Gasteiger partial charge in [0.2, 0.25) is 0 Å². The fourth-order valence-corrected chi connectivity index (χ4v) is 3.15. The van der Waals surface area contributed by atoms with Gasteiger partial charge in [0.05, 0.1) is 25.0 Å². The van der Waals surface area contributed by atoms with Gasteiger partial charge in [0.15, 0.2) is 4.96 Å². The van der Waals surface area contributed by atoms with Crippen LogP contribution in [-0.4, -0.2) is 29.1 Å². The second-order valence-corrected chi connectivity index (χ2v) is 6.25. The third-order valence-electron chi connectivity index (χ3n) is 3.69. The number of hydrogen-bond donors (Lipinski definition) is 0. The van der Waals surface area contributed by atoms with Crippen molar-refractivity contribution in [2.24, 2.45) is 0 Å². The van der Waals surface area contributed by atoms with Gasteiger partial charge in [-0.05, 0) is 25.1 Å². The Labute approximate surface area is 153 Å². The Morgan fingerprint density at radius 1 is 1.27 bits per heavy atom. The van der Waals surface area contributed by atoms with E-state index in [4.69, 9.17) is 14.2 Å². The lowest BCUT2D eigenvalue weighted by Crippen LogP contribution is -2.14. The molecule has 2 aromatic heterocycles. The molecule has 8 heteroatoms. The highest BCUT2D eigenvalue weighted by atomic mass is 32.1. The molecule has 0 amide bonds. The number of fused-ring (bicyclic) bond motifs is 1. The first-order valence-electron chi connectivity index (χ1n) is 8.00. The van der Waals surface area contributed by atoms with Crippen molar-refractivity contribution in [1.29, 1.82) is 0 Å². The third kappa shape index (κ3) is 3.92. The van der Waals surface area contributed by atoms with Crippen LogP contribution >= 0.6 is 11.3 Å². The molecule has 0 spiro atoms. The predicted molar refractivity (Wildman–Crippen MR) is 96.8 cm³/mol. The zero-order valence-electron chi connectivity index (χ0n) is 14.4. The number of rotatable bonds is 7. The molecule has 0 N–H and O–H groups in total. The second kappa shape index (κ2) is 8.11. The molecule has 1 aromatic carbocycles. The van der Waals surface area contributed by atoms with E-state index in [9.17, 15) is 9.59 Å². The highest BCUT2D eigenvalue weighted by Crippen LogP contribution is 2.21. The smallest absolute Gasteiger partial charge is 0.338 e. The van der Waals surface area contributed by atoms with E-state index < -0.39 is 5.97 Å². The van der Waals surface area contributed by atoms with E-state index in [1.165, 1.54) is 21.8 Å². The number of nitrogens with zero attached hydrogens (tertiary/aromatic N) is 2. The largest absolute Gasteiger partial charge is 0.496 e. The normalized spacial score (nSPS) is 10.8. The van der Waals surface area contributed by atoms with Gasteiger partial charge in [0, 0.05) is 29.8 Å². The maximum atomic E-state index is 12.3. The molecule has 3 aromatic rings. The molecule has 2 heterocycles. The number of methoxy groups -OCH3 is 1. The molecule has 0 saturated carbocycles. The number of benzene rings is 1. The maximum absolute atomic E-state index is 12.3. The van der Waals surface area contributed by atoms with Crippen molar-refractivity contribution < 1.29 is 19.0 Å². The lowest BCUT2D eigenvalue weighted by molar-refractivity contribution is 0.0467. The van der Waals surface area contributed by atoms with Gasteiger partial charge in [0.1, 0.15) is 12.4 Å². The topological polar surface area (TPSA) is 79.1 Å². The lowest BCUT2D eigenvalue weighted by atomic mass is 10.1. The quantitative estimate of drug-likeness (QED) is 0.592. The summed E-state index contributed by atoms with van der Waals surface area (Å²) in [5.74, 6) is 0.145. The summed E-state index contributed by atoms with van der Waals surface area (Å²) in [6.45, 7) is 2.72. The number of thiazole rings is 1. The molecular weight excluding hydrogens is 356 g/mol. The van der Waals surface area contributed by atoms with Gasteiger partial charge in [-0.25, -0.2) is 9.78 Å². The van der Waals surface area contributed by atoms with Gasteiger partial charge < -0.3 is 14.2 Å². The third-order valence-corrected chi connectivity index (χ3v) is 4.44. The molecule has 7 nitrogen and oxygen atoms in total. The Balaban J connectivity index is 1.73. The number of carbonyl (C=O) groups is 1.